The Labute approximate surface area is 154 Å². The van der Waals surface area contributed by atoms with Crippen LogP contribution in [-0.4, -0.2) is 39.0 Å². The van der Waals surface area contributed by atoms with Crippen LogP contribution in [0.5, 0.6) is 0 Å². The van der Waals surface area contributed by atoms with Gasteiger partial charge in [-0.3, -0.25) is 4.90 Å². The van der Waals surface area contributed by atoms with Gasteiger partial charge in [0.05, 0.1) is 23.2 Å². The average molecular weight is 372 g/mol. The highest BCUT2D eigenvalue weighted by atomic mass is 32.1. The van der Waals surface area contributed by atoms with Crippen molar-refractivity contribution in [3.05, 3.63) is 46.7 Å². The van der Waals surface area contributed by atoms with Gasteiger partial charge in [-0.15, -0.1) is 5.10 Å². The van der Waals surface area contributed by atoms with Crippen LogP contribution in [0.15, 0.2) is 30.3 Å². The van der Waals surface area contributed by atoms with Crippen molar-refractivity contribution in [2.75, 3.05) is 18.1 Å². The van der Waals surface area contributed by atoms with Crippen molar-refractivity contribution in [1.82, 2.24) is 14.6 Å². The monoisotopic (exact) mass is 372 g/mol. The van der Waals surface area contributed by atoms with Crippen LogP contribution in [0.1, 0.15) is 41.7 Å². The van der Waals surface area contributed by atoms with E-state index in [1.54, 1.807) is 12.1 Å². The molecule has 2 aromatic heterocycles. The maximum absolute atomic E-state index is 11.9. The lowest BCUT2D eigenvalue weighted by Gasteiger charge is -2.26. The number of anilines is 1. The number of ether oxygens (including phenoxy) is 1. The number of amides is 1. The molecule has 4 rings (SSSR count). The summed E-state index contributed by atoms with van der Waals surface area (Å²) in [6.45, 7) is 5.28. The number of carbonyl (C=O) groups is 1. The van der Waals surface area contributed by atoms with Gasteiger partial charge in [-0.1, -0.05) is 29.5 Å². The number of hydrogen-bond acceptors (Lipinski definition) is 5. The van der Waals surface area contributed by atoms with E-state index < -0.39 is 6.09 Å². The molecule has 1 aliphatic rings. The summed E-state index contributed by atoms with van der Waals surface area (Å²) >= 11 is 1.50. The van der Waals surface area contributed by atoms with E-state index in [1.807, 2.05) is 36.6 Å². The van der Waals surface area contributed by atoms with Crippen molar-refractivity contribution in [3.63, 3.8) is 0 Å². The zero-order chi connectivity index (χ0) is 18.3. The predicted octanol–water partition coefficient (Wildman–Crippen LogP) is 3.85. The fourth-order valence-corrected chi connectivity index (χ4v) is 4.49. The number of para-hydroxylation sites is 1. The van der Waals surface area contributed by atoms with Gasteiger partial charge >= 0.3 is 6.09 Å². The highest BCUT2D eigenvalue weighted by Gasteiger charge is 2.29. The van der Waals surface area contributed by atoms with Crippen LogP contribution in [0.3, 0.4) is 0 Å². The zero-order valence-corrected chi connectivity index (χ0v) is 15.4. The van der Waals surface area contributed by atoms with Gasteiger partial charge in [-0.05, 0) is 32.4 Å². The van der Waals surface area contributed by atoms with E-state index in [-0.39, 0.29) is 12.0 Å². The quantitative estimate of drug-likeness (QED) is 0.752. The summed E-state index contributed by atoms with van der Waals surface area (Å²) in [7, 11) is 0. The average Bonchev–Trinajstić information content (AvgIpc) is 3.33. The molecule has 1 N–H and O–H groups in total. The second-order valence-electron chi connectivity index (χ2n) is 6.44. The van der Waals surface area contributed by atoms with Gasteiger partial charge in [0.25, 0.3) is 0 Å². The molecule has 3 aromatic rings. The minimum atomic E-state index is -0.981. The molecular weight excluding hydrogens is 352 g/mol. The van der Waals surface area contributed by atoms with Gasteiger partial charge in [-0.2, -0.15) is 0 Å². The third-order valence-electron chi connectivity index (χ3n) is 4.77. The molecule has 7 nitrogen and oxygen atoms in total. The van der Waals surface area contributed by atoms with Gasteiger partial charge in [0.15, 0.2) is 5.82 Å². The number of fused-ring (bicyclic) bond motifs is 1. The summed E-state index contributed by atoms with van der Waals surface area (Å²) in [4.78, 5) is 19.7. The third-order valence-corrected chi connectivity index (χ3v) is 6.07. The maximum atomic E-state index is 11.9. The molecule has 0 bridgehead atoms. The molecule has 1 aromatic carbocycles. The molecule has 3 heterocycles. The Morgan fingerprint density at radius 2 is 2.19 bits per heavy atom. The molecule has 0 saturated carbocycles. The first-order chi connectivity index (χ1) is 12.6. The van der Waals surface area contributed by atoms with Crippen LogP contribution in [0.25, 0.3) is 4.96 Å². The number of aromatic nitrogens is 3. The molecule has 0 aliphatic carbocycles. The van der Waals surface area contributed by atoms with E-state index in [9.17, 15) is 9.90 Å². The van der Waals surface area contributed by atoms with Crippen molar-refractivity contribution < 1.29 is 14.6 Å². The van der Waals surface area contributed by atoms with E-state index in [4.69, 9.17) is 4.74 Å². The Bertz CT molecular complexity index is 931. The van der Waals surface area contributed by atoms with Crippen molar-refractivity contribution in [2.45, 2.75) is 32.2 Å². The van der Waals surface area contributed by atoms with Crippen molar-refractivity contribution in [2.24, 2.45) is 0 Å². The Hall–Kier alpha value is -2.45. The molecule has 2 atom stereocenters. The summed E-state index contributed by atoms with van der Waals surface area (Å²) < 4.78 is 7.25. The lowest BCUT2D eigenvalue weighted by atomic mass is 10.1. The molecule has 26 heavy (non-hydrogen) atoms. The number of thiazole rings is 1. The first-order valence-electron chi connectivity index (χ1n) is 8.57. The van der Waals surface area contributed by atoms with Crippen LogP contribution in [0, 0.1) is 6.92 Å². The molecule has 1 aliphatic heterocycles. The van der Waals surface area contributed by atoms with E-state index in [0.717, 1.165) is 34.4 Å². The molecule has 0 radical (unpaired) electrons. The number of hydrogen-bond donors (Lipinski definition) is 1. The first-order valence-corrected chi connectivity index (χ1v) is 9.39. The SMILES string of the molecule is Cc1c(C(C)N(C(=O)O)c2ccccc2)sc2nc(C3CCOC3)nn12. The van der Waals surface area contributed by atoms with Crippen molar-refractivity contribution in [3.8, 4) is 0 Å². The lowest BCUT2D eigenvalue weighted by molar-refractivity contribution is 0.193. The number of aryl methyl sites for hydroxylation is 1. The normalized spacial score (nSPS) is 18.3. The van der Waals surface area contributed by atoms with Crippen LogP contribution in [0.2, 0.25) is 0 Å². The fourth-order valence-electron chi connectivity index (χ4n) is 3.38. The van der Waals surface area contributed by atoms with Crippen LogP contribution in [-0.2, 0) is 4.74 Å². The standard InChI is InChI=1S/C18H20N4O3S/c1-11(21(18(23)24)14-6-4-3-5-7-14)15-12(2)22-17(26-15)19-16(20-22)13-8-9-25-10-13/h3-7,11,13H,8-10H2,1-2H3,(H,23,24). The smallest absolute Gasteiger partial charge is 0.412 e. The van der Waals surface area contributed by atoms with E-state index in [2.05, 4.69) is 10.1 Å². The minimum Gasteiger partial charge on any atom is -0.465 e. The van der Waals surface area contributed by atoms with Gasteiger partial charge in [0.2, 0.25) is 4.96 Å². The number of rotatable bonds is 4. The molecule has 1 fully saturated rings. The topological polar surface area (TPSA) is 80.0 Å². The zero-order valence-electron chi connectivity index (χ0n) is 14.6. The third kappa shape index (κ3) is 2.85. The minimum absolute atomic E-state index is 0.252. The summed E-state index contributed by atoms with van der Waals surface area (Å²) in [5.41, 5.74) is 1.58. The Balaban J connectivity index is 1.69. The molecule has 2 unspecified atom stereocenters. The summed E-state index contributed by atoms with van der Waals surface area (Å²) in [6, 6.07) is 8.82. The molecule has 1 saturated heterocycles. The number of benzene rings is 1. The van der Waals surface area contributed by atoms with Gasteiger partial charge in [0.1, 0.15) is 0 Å². The second kappa shape index (κ2) is 6.69. The fraction of sp³-hybridized carbons (Fsp3) is 0.389. The second-order valence-corrected chi connectivity index (χ2v) is 7.45. The van der Waals surface area contributed by atoms with Crippen LogP contribution >= 0.6 is 11.3 Å². The maximum Gasteiger partial charge on any atom is 0.412 e. The highest BCUT2D eigenvalue weighted by Crippen LogP contribution is 2.35. The van der Waals surface area contributed by atoms with E-state index in [0.29, 0.717) is 12.3 Å². The van der Waals surface area contributed by atoms with E-state index >= 15 is 0 Å². The predicted molar refractivity (Wildman–Crippen MR) is 99.1 cm³/mol. The van der Waals surface area contributed by atoms with Crippen LogP contribution in [0.4, 0.5) is 10.5 Å². The number of nitrogens with zero attached hydrogens (tertiary/aromatic N) is 4. The first kappa shape index (κ1) is 17.0. The summed E-state index contributed by atoms with van der Waals surface area (Å²) in [6.07, 6.45) is -0.0353. The van der Waals surface area contributed by atoms with Gasteiger partial charge in [-0.25, -0.2) is 14.3 Å². The molecule has 8 heteroatoms. The molecule has 136 valence electrons. The highest BCUT2D eigenvalue weighted by molar-refractivity contribution is 7.17. The van der Waals surface area contributed by atoms with Crippen LogP contribution < -0.4 is 4.90 Å². The number of carboxylic acid groups (broad SMARTS) is 1. The van der Waals surface area contributed by atoms with Gasteiger partial charge in [0, 0.05) is 18.2 Å². The lowest BCUT2D eigenvalue weighted by Crippen LogP contribution is -2.32. The molecular formula is C18H20N4O3S. The Morgan fingerprint density at radius 1 is 1.42 bits per heavy atom. The Kier molecular flexibility index (Phi) is 4.37. The summed E-state index contributed by atoms with van der Waals surface area (Å²) in [5.74, 6) is 1.07. The van der Waals surface area contributed by atoms with Crippen molar-refractivity contribution in [1.29, 1.82) is 0 Å². The van der Waals surface area contributed by atoms with Gasteiger partial charge < -0.3 is 9.84 Å². The van der Waals surface area contributed by atoms with E-state index in [1.165, 1.54) is 16.2 Å². The molecule has 1 amide bonds. The molecule has 0 spiro atoms. The Morgan fingerprint density at radius 3 is 2.81 bits per heavy atom. The summed E-state index contributed by atoms with van der Waals surface area (Å²) in [5, 5.41) is 14.4. The van der Waals surface area contributed by atoms with Crippen molar-refractivity contribution >= 4 is 28.1 Å². The largest absolute Gasteiger partial charge is 0.465 e.